The van der Waals surface area contributed by atoms with Gasteiger partial charge in [-0.3, -0.25) is 0 Å². The van der Waals surface area contributed by atoms with Crippen molar-refractivity contribution in [2.45, 2.75) is 44.6 Å². The maximum atomic E-state index is 12.4. The lowest BCUT2D eigenvalue weighted by Gasteiger charge is -2.32. The lowest BCUT2D eigenvalue weighted by atomic mass is 9.96. The molecule has 1 saturated heterocycles. The molecule has 0 bridgehead atoms. The van der Waals surface area contributed by atoms with E-state index in [0.29, 0.717) is 41.0 Å². The van der Waals surface area contributed by atoms with Crippen LogP contribution in [0.2, 0.25) is 10.0 Å². The highest BCUT2D eigenvalue weighted by Gasteiger charge is 2.28. The first-order valence-electron chi connectivity index (χ1n) is 7.33. The zero-order chi connectivity index (χ0) is 16.3. The van der Waals surface area contributed by atoms with E-state index in [4.69, 9.17) is 27.9 Å². The van der Waals surface area contributed by atoms with E-state index < -0.39 is 10.0 Å². The fraction of sp³-hybridized carbons (Fsp3) is 0.600. The Kier molecular flexibility index (Phi) is 6.14. The van der Waals surface area contributed by atoms with Crippen LogP contribution in [0.5, 0.6) is 0 Å². The molecule has 124 valence electrons. The van der Waals surface area contributed by atoms with Gasteiger partial charge in [0.2, 0.25) is 10.0 Å². The van der Waals surface area contributed by atoms with Gasteiger partial charge in [0.05, 0.1) is 11.9 Å². The molecule has 1 N–H and O–H groups in total. The lowest BCUT2D eigenvalue weighted by Crippen LogP contribution is -2.43. The van der Waals surface area contributed by atoms with Gasteiger partial charge in [-0.1, -0.05) is 43.1 Å². The second-order valence-corrected chi connectivity index (χ2v) is 8.52. The molecular weight excluding hydrogens is 345 g/mol. The Morgan fingerprint density at radius 3 is 2.55 bits per heavy atom. The molecule has 0 aliphatic carbocycles. The number of sulfonamides is 1. The van der Waals surface area contributed by atoms with Gasteiger partial charge in [0.25, 0.3) is 0 Å². The topological polar surface area (TPSA) is 55.4 Å². The molecule has 1 aliphatic heterocycles. The minimum atomic E-state index is -3.50. The first-order valence-corrected chi connectivity index (χ1v) is 9.74. The molecule has 0 saturated carbocycles. The predicted molar refractivity (Wildman–Crippen MR) is 89.8 cm³/mol. The van der Waals surface area contributed by atoms with E-state index in [0.717, 1.165) is 0 Å². The standard InChI is InChI=1S/C15H21Cl2NO3S/c1-10(2)15-8-11(6-7-21-15)18-22(19,20)9-12-13(16)4-3-5-14(12)17/h3-5,10-11,15,18H,6-9H2,1-2H3. The molecule has 0 amide bonds. The molecule has 7 heteroatoms. The van der Waals surface area contributed by atoms with Crippen LogP contribution in [0, 0.1) is 5.92 Å². The highest BCUT2D eigenvalue weighted by atomic mass is 35.5. The molecule has 2 atom stereocenters. The number of hydrogen-bond acceptors (Lipinski definition) is 3. The summed E-state index contributed by atoms with van der Waals surface area (Å²) in [5.74, 6) is 0.153. The molecule has 2 rings (SSSR count). The SMILES string of the molecule is CC(C)C1CC(NS(=O)(=O)Cc2c(Cl)cccc2Cl)CCO1. The van der Waals surface area contributed by atoms with Crippen LogP contribution in [-0.4, -0.2) is 27.2 Å². The second kappa shape index (κ2) is 7.49. The molecule has 1 aliphatic rings. The Bertz CT molecular complexity index is 599. The molecule has 22 heavy (non-hydrogen) atoms. The van der Waals surface area contributed by atoms with Crippen molar-refractivity contribution in [1.29, 1.82) is 0 Å². The van der Waals surface area contributed by atoms with Crippen LogP contribution >= 0.6 is 23.2 Å². The van der Waals surface area contributed by atoms with Crippen molar-refractivity contribution in [1.82, 2.24) is 4.72 Å². The van der Waals surface area contributed by atoms with Gasteiger partial charge in [0.15, 0.2) is 0 Å². The summed E-state index contributed by atoms with van der Waals surface area (Å²) in [4.78, 5) is 0. The van der Waals surface area contributed by atoms with E-state index in [1.807, 2.05) is 0 Å². The molecule has 1 heterocycles. The van der Waals surface area contributed by atoms with Crippen molar-refractivity contribution >= 4 is 33.2 Å². The first kappa shape index (κ1) is 18.0. The quantitative estimate of drug-likeness (QED) is 0.866. The fourth-order valence-corrected chi connectivity index (χ4v) is 4.74. The number of benzene rings is 1. The van der Waals surface area contributed by atoms with Gasteiger partial charge in [-0.15, -0.1) is 0 Å². The second-order valence-electron chi connectivity index (χ2n) is 5.95. The molecule has 4 nitrogen and oxygen atoms in total. The maximum absolute atomic E-state index is 12.4. The monoisotopic (exact) mass is 365 g/mol. The molecule has 0 radical (unpaired) electrons. The maximum Gasteiger partial charge on any atom is 0.216 e. The number of rotatable bonds is 5. The van der Waals surface area contributed by atoms with Crippen molar-refractivity contribution in [3.63, 3.8) is 0 Å². The van der Waals surface area contributed by atoms with Gasteiger partial charge in [-0.2, -0.15) is 0 Å². The van der Waals surface area contributed by atoms with Crippen LogP contribution in [0.4, 0.5) is 0 Å². The molecular formula is C15H21Cl2NO3S. The Hall–Kier alpha value is -0.330. The van der Waals surface area contributed by atoms with Crippen LogP contribution < -0.4 is 4.72 Å². The third-order valence-electron chi connectivity index (χ3n) is 3.80. The number of nitrogens with one attached hydrogen (secondary N) is 1. The molecule has 1 fully saturated rings. The van der Waals surface area contributed by atoms with Crippen LogP contribution in [0.25, 0.3) is 0 Å². The fourth-order valence-electron chi connectivity index (χ4n) is 2.56. The third-order valence-corrected chi connectivity index (χ3v) is 5.87. The smallest absolute Gasteiger partial charge is 0.216 e. The van der Waals surface area contributed by atoms with Gasteiger partial charge < -0.3 is 4.74 Å². The van der Waals surface area contributed by atoms with Gasteiger partial charge in [0.1, 0.15) is 0 Å². The first-order chi connectivity index (χ1) is 10.3. The molecule has 2 unspecified atom stereocenters. The van der Waals surface area contributed by atoms with E-state index in [2.05, 4.69) is 18.6 Å². The summed E-state index contributed by atoms with van der Waals surface area (Å²) in [6.45, 7) is 4.72. The van der Waals surface area contributed by atoms with E-state index in [-0.39, 0.29) is 17.9 Å². The van der Waals surface area contributed by atoms with Gasteiger partial charge in [0, 0.05) is 28.3 Å². The third kappa shape index (κ3) is 4.83. The van der Waals surface area contributed by atoms with Gasteiger partial charge in [-0.05, 0) is 30.9 Å². The Morgan fingerprint density at radius 2 is 1.95 bits per heavy atom. The number of ether oxygens (including phenoxy) is 1. The number of halogens is 2. The Labute approximate surface area is 142 Å². The Balaban J connectivity index is 2.05. The van der Waals surface area contributed by atoms with Crippen molar-refractivity contribution in [2.24, 2.45) is 5.92 Å². The summed E-state index contributed by atoms with van der Waals surface area (Å²) in [6, 6.07) is 4.87. The van der Waals surface area contributed by atoms with Crippen molar-refractivity contribution in [3.05, 3.63) is 33.8 Å². The summed E-state index contributed by atoms with van der Waals surface area (Å²) in [7, 11) is -3.50. The van der Waals surface area contributed by atoms with Crippen molar-refractivity contribution < 1.29 is 13.2 Å². The molecule has 0 spiro atoms. The van der Waals surface area contributed by atoms with Crippen molar-refractivity contribution in [2.75, 3.05) is 6.61 Å². The largest absolute Gasteiger partial charge is 0.378 e. The van der Waals surface area contributed by atoms with Gasteiger partial charge >= 0.3 is 0 Å². The predicted octanol–water partition coefficient (Wildman–Crippen LogP) is 3.62. The van der Waals surface area contributed by atoms with Crippen LogP contribution in [0.15, 0.2) is 18.2 Å². The van der Waals surface area contributed by atoms with E-state index in [9.17, 15) is 8.42 Å². The molecule has 1 aromatic rings. The molecule has 0 aromatic heterocycles. The average Bonchev–Trinajstić information content (AvgIpc) is 2.43. The number of hydrogen-bond donors (Lipinski definition) is 1. The minimum Gasteiger partial charge on any atom is -0.378 e. The normalized spacial score (nSPS) is 23.0. The van der Waals surface area contributed by atoms with E-state index in [1.165, 1.54) is 0 Å². The average molecular weight is 366 g/mol. The summed E-state index contributed by atoms with van der Waals surface area (Å²) in [5, 5.41) is 0.731. The van der Waals surface area contributed by atoms with Crippen molar-refractivity contribution in [3.8, 4) is 0 Å². The van der Waals surface area contributed by atoms with Crippen LogP contribution in [0.1, 0.15) is 32.3 Å². The van der Waals surface area contributed by atoms with Crippen LogP contribution in [0.3, 0.4) is 0 Å². The highest BCUT2D eigenvalue weighted by molar-refractivity contribution is 7.88. The Morgan fingerprint density at radius 1 is 1.32 bits per heavy atom. The van der Waals surface area contributed by atoms with E-state index in [1.54, 1.807) is 18.2 Å². The molecule has 1 aromatic carbocycles. The zero-order valence-electron chi connectivity index (χ0n) is 12.7. The summed E-state index contributed by atoms with van der Waals surface area (Å²) in [6.07, 6.45) is 1.46. The summed E-state index contributed by atoms with van der Waals surface area (Å²) < 4.78 is 33.2. The summed E-state index contributed by atoms with van der Waals surface area (Å²) >= 11 is 12.1. The van der Waals surface area contributed by atoms with Gasteiger partial charge in [-0.25, -0.2) is 13.1 Å². The highest BCUT2D eigenvalue weighted by Crippen LogP contribution is 2.27. The van der Waals surface area contributed by atoms with E-state index >= 15 is 0 Å². The van der Waals surface area contributed by atoms with Crippen LogP contribution in [-0.2, 0) is 20.5 Å². The lowest BCUT2D eigenvalue weighted by molar-refractivity contribution is -0.0211. The minimum absolute atomic E-state index is 0.0883. The zero-order valence-corrected chi connectivity index (χ0v) is 15.0. The summed E-state index contributed by atoms with van der Waals surface area (Å²) in [5.41, 5.74) is 0.436.